The summed E-state index contributed by atoms with van der Waals surface area (Å²) in [6.45, 7) is 2.27. The van der Waals surface area contributed by atoms with Gasteiger partial charge in [0.15, 0.2) is 0 Å². The van der Waals surface area contributed by atoms with Gasteiger partial charge in [-0.15, -0.1) is 0 Å². The summed E-state index contributed by atoms with van der Waals surface area (Å²) in [4.78, 5) is 8.66. The van der Waals surface area contributed by atoms with Crippen LogP contribution >= 0.6 is 0 Å². The number of aliphatic imine (C=N–C) groups is 1. The summed E-state index contributed by atoms with van der Waals surface area (Å²) in [6.07, 6.45) is 16.9. The minimum atomic E-state index is 0.324. The van der Waals surface area contributed by atoms with Crippen LogP contribution in [0.4, 0.5) is 5.95 Å². The van der Waals surface area contributed by atoms with Gasteiger partial charge in [-0.2, -0.15) is 9.98 Å². The van der Waals surface area contributed by atoms with Crippen molar-refractivity contribution in [3.05, 3.63) is 29.8 Å². The fourth-order valence-electron chi connectivity index (χ4n) is 3.64. The number of nitrogens with two attached hydrogens (primary N) is 1. The highest BCUT2D eigenvalue weighted by atomic mass is 16.5. The molecule has 29 heavy (non-hydrogen) atoms. The molecule has 3 rings (SSSR count). The summed E-state index contributed by atoms with van der Waals surface area (Å²) in [5.41, 5.74) is 8.21. The predicted molar refractivity (Wildman–Crippen MR) is 119 cm³/mol. The van der Waals surface area contributed by atoms with E-state index in [4.69, 9.17) is 10.3 Å². The van der Waals surface area contributed by atoms with Crippen molar-refractivity contribution >= 4 is 11.8 Å². The molecule has 0 amide bonds. The van der Waals surface area contributed by atoms with Crippen LogP contribution < -0.4 is 5.73 Å². The van der Waals surface area contributed by atoms with Crippen LogP contribution in [0.5, 0.6) is 0 Å². The Kier molecular flexibility index (Phi) is 8.72. The third kappa shape index (κ3) is 7.64. The first kappa shape index (κ1) is 21.5. The molecule has 0 bridgehead atoms. The van der Waals surface area contributed by atoms with Crippen LogP contribution in [-0.2, 0) is 6.42 Å². The van der Waals surface area contributed by atoms with Crippen molar-refractivity contribution in [2.24, 2.45) is 16.6 Å². The van der Waals surface area contributed by atoms with Gasteiger partial charge in [-0.1, -0.05) is 76.8 Å². The van der Waals surface area contributed by atoms with Gasteiger partial charge in [0.25, 0.3) is 11.8 Å². The Bertz CT molecular complexity index is 764. The number of aromatic nitrogens is 2. The maximum absolute atomic E-state index is 5.94. The first-order valence-corrected chi connectivity index (χ1v) is 11.5. The highest BCUT2D eigenvalue weighted by molar-refractivity contribution is 5.86. The molecule has 5 nitrogen and oxygen atoms in total. The Balaban J connectivity index is 1.37. The van der Waals surface area contributed by atoms with Crippen molar-refractivity contribution in [3.63, 3.8) is 0 Å². The van der Waals surface area contributed by atoms with Crippen molar-refractivity contribution in [1.82, 2.24) is 10.1 Å². The zero-order valence-corrected chi connectivity index (χ0v) is 17.9. The Labute approximate surface area is 175 Å². The molecule has 0 unspecified atom stereocenters. The molecule has 1 heterocycles. The van der Waals surface area contributed by atoms with E-state index in [2.05, 4.69) is 40.3 Å². The van der Waals surface area contributed by atoms with Gasteiger partial charge in [0.05, 0.1) is 0 Å². The molecular formula is C24H36N4O. The molecule has 2 N–H and O–H groups in total. The maximum Gasteiger partial charge on any atom is 0.291 e. The number of amidine groups is 1. The van der Waals surface area contributed by atoms with Crippen LogP contribution in [0.1, 0.15) is 89.5 Å². The highest BCUT2D eigenvalue weighted by Crippen LogP contribution is 2.30. The van der Waals surface area contributed by atoms with E-state index < -0.39 is 0 Å². The van der Waals surface area contributed by atoms with Gasteiger partial charge in [-0.3, -0.25) is 0 Å². The number of hydrogen-bond donors (Lipinski definition) is 1. The topological polar surface area (TPSA) is 77.3 Å². The number of unbranched alkanes of at least 4 members (excludes halogenated alkanes) is 9. The van der Waals surface area contributed by atoms with Crippen LogP contribution in [-0.4, -0.2) is 16.0 Å². The van der Waals surface area contributed by atoms with Crippen LogP contribution in [0.15, 0.2) is 33.8 Å². The molecule has 1 aromatic carbocycles. The number of aryl methyl sites for hydroxylation is 1. The van der Waals surface area contributed by atoms with Crippen molar-refractivity contribution in [2.45, 2.75) is 90.4 Å². The van der Waals surface area contributed by atoms with Crippen LogP contribution in [0, 0.1) is 5.92 Å². The molecule has 0 aliphatic heterocycles. The van der Waals surface area contributed by atoms with Gasteiger partial charge in [0.2, 0.25) is 0 Å². The predicted octanol–water partition coefficient (Wildman–Crippen LogP) is 6.60. The van der Waals surface area contributed by atoms with E-state index in [1.54, 1.807) is 0 Å². The van der Waals surface area contributed by atoms with Crippen molar-refractivity contribution in [3.8, 4) is 11.5 Å². The lowest BCUT2D eigenvalue weighted by Gasteiger charge is -2.04. The maximum atomic E-state index is 5.94. The van der Waals surface area contributed by atoms with Crippen LogP contribution in [0.25, 0.3) is 11.5 Å². The third-order valence-electron chi connectivity index (χ3n) is 5.63. The quantitative estimate of drug-likeness (QED) is 0.222. The minimum absolute atomic E-state index is 0.324. The largest absolute Gasteiger partial charge is 0.387 e. The Morgan fingerprint density at radius 2 is 1.72 bits per heavy atom. The average molecular weight is 397 g/mol. The van der Waals surface area contributed by atoms with E-state index in [1.807, 2.05) is 6.07 Å². The number of benzene rings is 1. The van der Waals surface area contributed by atoms with E-state index in [-0.39, 0.29) is 0 Å². The van der Waals surface area contributed by atoms with Gasteiger partial charge in [-0.05, 0) is 48.5 Å². The second-order valence-corrected chi connectivity index (χ2v) is 8.34. The molecule has 0 radical (unpaired) electrons. The molecule has 1 aromatic heterocycles. The summed E-state index contributed by atoms with van der Waals surface area (Å²) in [6, 6.07) is 8.40. The Hall–Kier alpha value is -2.17. The average Bonchev–Trinajstić information content (AvgIpc) is 3.49. The molecule has 0 atom stereocenters. The first-order chi connectivity index (χ1) is 14.3. The lowest BCUT2D eigenvalue weighted by atomic mass is 10.0. The first-order valence-electron chi connectivity index (χ1n) is 11.5. The molecule has 0 spiro atoms. The molecule has 1 aliphatic carbocycles. The molecule has 2 aromatic rings. The fourth-order valence-corrected chi connectivity index (χ4v) is 3.64. The number of nitrogens with zero attached hydrogens (tertiary/aromatic N) is 3. The van der Waals surface area contributed by atoms with E-state index >= 15 is 0 Å². The summed E-state index contributed by atoms with van der Waals surface area (Å²) >= 11 is 0. The number of hydrogen-bond acceptors (Lipinski definition) is 4. The van der Waals surface area contributed by atoms with Crippen LogP contribution in [0.2, 0.25) is 0 Å². The summed E-state index contributed by atoms with van der Waals surface area (Å²) in [5, 5.41) is 3.95. The molecule has 1 fully saturated rings. The molecule has 1 saturated carbocycles. The summed E-state index contributed by atoms with van der Waals surface area (Å²) < 4.78 is 5.39. The Morgan fingerprint density at radius 1 is 1.03 bits per heavy atom. The Morgan fingerprint density at radius 3 is 2.41 bits per heavy atom. The molecule has 0 saturated heterocycles. The van der Waals surface area contributed by atoms with Crippen molar-refractivity contribution in [2.75, 3.05) is 0 Å². The highest BCUT2D eigenvalue weighted by Gasteiger charge is 2.26. The van der Waals surface area contributed by atoms with Gasteiger partial charge < -0.3 is 10.3 Å². The summed E-state index contributed by atoms with van der Waals surface area (Å²) in [5.74, 6) is 1.86. The zero-order chi connectivity index (χ0) is 20.3. The van der Waals surface area contributed by atoms with Gasteiger partial charge in [0, 0.05) is 11.5 Å². The molecule has 5 heteroatoms. The molecular weight excluding hydrogens is 360 g/mol. The normalized spacial score (nSPS) is 14.4. The van der Waals surface area contributed by atoms with Gasteiger partial charge >= 0.3 is 0 Å². The SMILES string of the molecule is CCCCCCCCCCCCc1cccc(-c2nc(/N=C(\N)C3CC3)no2)c1. The van der Waals surface area contributed by atoms with Crippen molar-refractivity contribution < 1.29 is 4.52 Å². The van der Waals surface area contributed by atoms with Crippen molar-refractivity contribution in [1.29, 1.82) is 0 Å². The summed E-state index contributed by atoms with van der Waals surface area (Å²) in [7, 11) is 0. The monoisotopic (exact) mass is 396 g/mol. The fraction of sp³-hybridized carbons (Fsp3) is 0.625. The molecule has 1 aliphatic rings. The third-order valence-corrected chi connectivity index (χ3v) is 5.63. The second kappa shape index (κ2) is 11.7. The minimum Gasteiger partial charge on any atom is -0.387 e. The lowest BCUT2D eigenvalue weighted by molar-refractivity contribution is 0.432. The van der Waals surface area contributed by atoms with E-state index in [0.29, 0.717) is 23.6 Å². The standard InChI is InChI=1S/C24H36N4O/c1-2-3-4-5-6-7-8-9-10-11-13-19-14-12-15-21(18-19)23-27-24(28-29-23)26-22(25)20-16-17-20/h12,14-15,18,20H,2-11,13,16-17H2,1H3,(H2,25,26,28). The van der Waals surface area contributed by atoms with Crippen LogP contribution in [0.3, 0.4) is 0 Å². The molecule has 158 valence electrons. The van der Waals surface area contributed by atoms with E-state index in [9.17, 15) is 0 Å². The second-order valence-electron chi connectivity index (χ2n) is 8.34. The smallest absolute Gasteiger partial charge is 0.291 e. The van der Waals surface area contributed by atoms with Gasteiger partial charge in [-0.25, -0.2) is 0 Å². The van der Waals surface area contributed by atoms with E-state index in [0.717, 1.165) is 24.8 Å². The zero-order valence-electron chi connectivity index (χ0n) is 17.9. The lowest BCUT2D eigenvalue weighted by Crippen LogP contribution is -2.13. The van der Waals surface area contributed by atoms with E-state index in [1.165, 1.54) is 69.8 Å². The van der Waals surface area contributed by atoms with Gasteiger partial charge in [0.1, 0.15) is 5.84 Å². The number of rotatable bonds is 14.